The molecule has 2 N–H and O–H groups in total. The molecule has 1 aliphatic heterocycles. The minimum Gasteiger partial charge on any atom is -0.493 e. The number of aromatic nitrogens is 1. The van der Waals surface area contributed by atoms with E-state index >= 15 is 0 Å². The lowest BCUT2D eigenvalue weighted by atomic mass is 10.1. The Labute approximate surface area is 149 Å². The molecule has 2 aliphatic rings. The van der Waals surface area contributed by atoms with E-state index in [0.717, 1.165) is 37.8 Å². The number of H-pyrrole nitrogens is 1. The minimum atomic E-state index is 0.838. The number of hydrogen-bond donors (Lipinski definition) is 2. The van der Waals surface area contributed by atoms with Crippen LogP contribution in [-0.2, 0) is 13.0 Å². The van der Waals surface area contributed by atoms with Gasteiger partial charge in [0.25, 0.3) is 0 Å². The number of benzene rings is 2. The highest BCUT2D eigenvalue weighted by Crippen LogP contribution is 2.30. The molecule has 2 heterocycles. The molecule has 0 spiro atoms. The summed E-state index contributed by atoms with van der Waals surface area (Å²) in [4.78, 5) is 3.45. The molecular formula is C22H26N2O. The Morgan fingerprint density at radius 3 is 2.68 bits per heavy atom. The average Bonchev–Trinajstić information content (AvgIpc) is 3.40. The van der Waals surface area contributed by atoms with Crippen molar-refractivity contribution in [2.75, 3.05) is 13.2 Å². The SMILES string of the molecule is Cc1ccccc1OCC1CC1.c1ccc2c3c([nH]c2c1)CNCC3. The van der Waals surface area contributed by atoms with Crippen molar-refractivity contribution in [2.24, 2.45) is 5.92 Å². The van der Waals surface area contributed by atoms with Crippen LogP contribution in [0.4, 0.5) is 0 Å². The van der Waals surface area contributed by atoms with Crippen LogP contribution < -0.4 is 10.1 Å². The van der Waals surface area contributed by atoms with Crippen LogP contribution in [0.3, 0.4) is 0 Å². The van der Waals surface area contributed by atoms with Crippen molar-refractivity contribution in [1.29, 1.82) is 0 Å². The molecule has 0 amide bonds. The van der Waals surface area contributed by atoms with Crippen molar-refractivity contribution in [1.82, 2.24) is 10.3 Å². The van der Waals surface area contributed by atoms with Crippen molar-refractivity contribution in [3.8, 4) is 5.75 Å². The lowest BCUT2D eigenvalue weighted by molar-refractivity contribution is 0.298. The maximum atomic E-state index is 5.66. The van der Waals surface area contributed by atoms with Gasteiger partial charge in [0.1, 0.15) is 5.75 Å². The van der Waals surface area contributed by atoms with Gasteiger partial charge in [0, 0.05) is 23.1 Å². The van der Waals surface area contributed by atoms with Crippen molar-refractivity contribution >= 4 is 10.9 Å². The summed E-state index contributed by atoms with van der Waals surface area (Å²) in [7, 11) is 0. The molecule has 1 aliphatic carbocycles. The second kappa shape index (κ2) is 7.32. The largest absolute Gasteiger partial charge is 0.493 e. The molecule has 0 unspecified atom stereocenters. The molecule has 25 heavy (non-hydrogen) atoms. The Morgan fingerprint density at radius 2 is 1.84 bits per heavy atom. The predicted molar refractivity (Wildman–Crippen MR) is 103 cm³/mol. The molecule has 0 atom stereocenters. The van der Waals surface area contributed by atoms with Crippen molar-refractivity contribution in [3.05, 3.63) is 65.4 Å². The molecule has 0 radical (unpaired) electrons. The van der Waals surface area contributed by atoms with Gasteiger partial charge in [-0.15, -0.1) is 0 Å². The maximum absolute atomic E-state index is 5.66. The first-order chi connectivity index (χ1) is 12.3. The Morgan fingerprint density at radius 1 is 1.04 bits per heavy atom. The zero-order valence-corrected chi connectivity index (χ0v) is 14.8. The summed E-state index contributed by atoms with van der Waals surface area (Å²) in [5.74, 6) is 1.88. The lowest BCUT2D eigenvalue weighted by Gasteiger charge is -2.12. The molecular weight excluding hydrogens is 308 g/mol. The van der Waals surface area contributed by atoms with Gasteiger partial charge in [-0.2, -0.15) is 0 Å². The van der Waals surface area contributed by atoms with Crippen molar-refractivity contribution < 1.29 is 4.74 Å². The van der Waals surface area contributed by atoms with Crippen LogP contribution in [-0.4, -0.2) is 18.1 Å². The second-order valence-corrected chi connectivity index (χ2v) is 7.07. The van der Waals surface area contributed by atoms with Gasteiger partial charge in [-0.25, -0.2) is 0 Å². The van der Waals surface area contributed by atoms with E-state index in [-0.39, 0.29) is 0 Å². The first kappa shape index (κ1) is 16.2. The number of aryl methyl sites for hydroxylation is 1. The fourth-order valence-corrected chi connectivity index (χ4v) is 3.33. The first-order valence-electron chi connectivity index (χ1n) is 9.29. The highest BCUT2D eigenvalue weighted by Gasteiger charge is 2.22. The third kappa shape index (κ3) is 3.88. The van der Waals surface area contributed by atoms with Crippen LogP contribution in [0.25, 0.3) is 10.9 Å². The molecule has 3 heteroatoms. The molecule has 5 rings (SSSR count). The number of ether oxygens (including phenoxy) is 1. The van der Waals surface area contributed by atoms with Gasteiger partial charge in [0.2, 0.25) is 0 Å². The summed E-state index contributed by atoms with van der Waals surface area (Å²) in [6.07, 6.45) is 3.86. The van der Waals surface area contributed by atoms with Gasteiger partial charge in [-0.05, 0) is 61.9 Å². The Kier molecular flexibility index (Phi) is 4.75. The van der Waals surface area contributed by atoms with Crippen LogP contribution in [0.15, 0.2) is 48.5 Å². The van der Waals surface area contributed by atoms with E-state index < -0.39 is 0 Å². The molecule has 3 aromatic rings. The molecule has 1 fully saturated rings. The first-order valence-corrected chi connectivity index (χ1v) is 9.29. The van der Waals surface area contributed by atoms with E-state index in [1.807, 2.05) is 18.2 Å². The predicted octanol–water partition coefficient (Wildman–Crippen LogP) is 4.60. The fourth-order valence-electron chi connectivity index (χ4n) is 3.33. The smallest absolute Gasteiger partial charge is 0.122 e. The van der Waals surface area contributed by atoms with Gasteiger partial charge in [-0.1, -0.05) is 36.4 Å². The summed E-state index contributed by atoms with van der Waals surface area (Å²) in [6, 6.07) is 16.7. The second-order valence-electron chi connectivity index (χ2n) is 7.07. The van der Waals surface area contributed by atoms with Crippen LogP contribution in [0, 0.1) is 12.8 Å². The molecule has 1 aromatic heterocycles. The summed E-state index contributed by atoms with van der Waals surface area (Å²) >= 11 is 0. The van der Waals surface area contributed by atoms with Crippen LogP contribution in [0.1, 0.15) is 29.7 Å². The van der Waals surface area contributed by atoms with E-state index in [1.165, 1.54) is 40.6 Å². The number of fused-ring (bicyclic) bond motifs is 3. The topological polar surface area (TPSA) is 37.0 Å². The standard InChI is InChI=1S/C11H12N2.C11H14O/c1-2-4-10-8(3-1)9-5-6-12-7-11(9)13-10;1-9-4-2-3-5-11(9)12-8-10-6-7-10/h1-4,12-13H,5-7H2;2-5,10H,6-8H2,1H3. The maximum Gasteiger partial charge on any atom is 0.122 e. The van der Waals surface area contributed by atoms with Gasteiger partial charge in [0.05, 0.1) is 6.61 Å². The highest BCUT2D eigenvalue weighted by atomic mass is 16.5. The van der Waals surface area contributed by atoms with E-state index in [0.29, 0.717) is 0 Å². The molecule has 3 nitrogen and oxygen atoms in total. The molecule has 2 aromatic carbocycles. The highest BCUT2D eigenvalue weighted by molar-refractivity contribution is 5.84. The average molecular weight is 334 g/mol. The van der Waals surface area contributed by atoms with Crippen molar-refractivity contribution in [3.63, 3.8) is 0 Å². The monoisotopic (exact) mass is 334 g/mol. The molecule has 0 saturated heterocycles. The van der Waals surface area contributed by atoms with E-state index in [4.69, 9.17) is 4.74 Å². The van der Waals surface area contributed by atoms with E-state index in [1.54, 1.807) is 0 Å². The van der Waals surface area contributed by atoms with Crippen LogP contribution in [0.5, 0.6) is 5.75 Å². The third-order valence-electron chi connectivity index (χ3n) is 5.02. The number of para-hydroxylation sites is 2. The number of aromatic amines is 1. The summed E-state index contributed by atoms with van der Waals surface area (Å²) in [6.45, 7) is 5.09. The normalized spacial score (nSPS) is 16.0. The van der Waals surface area contributed by atoms with Gasteiger partial charge >= 0.3 is 0 Å². The van der Waals surface area contributed by atoms with Crippen molar-refractivity contribution in [2.45, 2.75) is 32.7 Å². The Balaban J connectivity index is 0.000000126. The van der Waals surface area contributed by atoms with Crippen LogP contribution in [0.2, 0.25) is 0 Å². The third-order valence-corrected chi connectivity index (χ3v) is 5.02. The summed E-state index contributed by atoms with van der Waals surface area (Å²) < 4.78 is 5.66. The quantitative estimate of drug-likeness (QED) is 0.734. The Bertz CT molecular complexity index is 848. The Hall–Kier alpha value is -2.26. The number of nitrogens with one attached hydrogen (secondary N) is 2. The zero-order chi connectivity index (χ0) is 17.1. The minimum absolute atomic E-state index is 0.838. The number of rotatable bonds is 3. The van der Waals surface area contributed by atoms with E-state index in [9.17, 15) is 0 Å². The molecule has 1 saturated carbocycles. The van der Waals surface area contributed by atoms with Gasteiger partial charge in [0.15, 0.2) is 0 Å². The molecule has 0 bridgehead atoms. The lowest BCUT2D eigenvalue weighted by Crippen LogP contribution is -2.22. The number of hydrogen-bond acceptors (Lipinski definition) is 2. The van der Waals surface area contributed by atoms with Gasteiger partial charge in [-0.3, -0.25) is 0 Å². The van der Waals surface area contributed by atoms with E-state index in [2.05, 4.69) is 47.6 Å². The fraction of sp³-hybridized carbons (Fsp3) is 0.364. The van der Waals surface area contributed by atoms with Gasteiger partial charge < -0.3 is 15.0 Å². The summed E-state index contributed by atoms with van der Waals surface area (Å²) in [5.41, 5.74) is 5.39. The zero-order valence-electron chi connectivity index (χ0n) is 14.8. The summed E-state index contributed by atoms with van der Waals surface area (Å²) in [5, 5.41) is 4.77. The van der Waals surface area contributed by atoms with Crippen LogP contribution >= 0.6 is 0 Å². The molecule has 130 valence electrons.